The molecule has 0 amide bonds. The van der Waals surface area contributed by atoms with Crippen molar-refractivity contribution in [2.75, 3.05) is 10.5 Å². The van der Waals surface area contributed by atoms with E-state index in [1.54, 1.807) is 6.92 Å². The predicted molar refractivity (Wildman–Crippen MR) is 64.8 cm³/mol. The summed E-state index contributed by atoms with van der Waals surface area (Å²) in [5, 5.41) is 8.43. The minimum atomic E-state index is -3.29. The van der Waals surface area contributed by atoms with Crippen molar-refractivity contribution < 1.29 is 8.42 Å². The van der Waals surface area contributed by atoms with E-state index in [1.807, 2.05) is 6.92 Å². The van der Waals surface area contributed by atoms with Crippen LogP contribution < -0.4 is 10.5 Å². The van der Waals surface area contributed by atoms with Gasteiger partial charge in [-0.3, -0.25) is 4.72 Å². The fourth-order valence-corrected chi connectivity index (χ4v) is 3.15. The smallest absolute Gasteiger partial charge is 0.234 e. The molecular weight excluding hydrogens is 248 g/mol. The number of anilines is 1. The monoisotopic (exact) mass is 264 g/mol. The quantitative estimate of drug-likeness (QED) is 0.801. The largest absolute Gasteiger partial charge is 0.322 e. The molecule has 1 aromatic rings. The van der Waals surface area contributed by atoms with E-state index in [4.69, 9.17) is 5.73 Å². The first-order valence-corrected chi connectivity index (χ1v) is 7.51. The summed E-state index contributed by atoms with van der Waals surface area (Å²) in [4.78, 5) is 0. The van der Waals surface area contributed by atoms with Crippen LogP contribution in [0.3, 0.4) is 0 Å². The Hall–Kier alpha value is -0.730. The maximum atomic E-state index is 11.5. The highest BCUT2D eigenvalue weighted by atomic mass is 32.2. The topological polar surface area (TPSA) is 98.0 Å². The lowest BCUT2D eigenvalue weighted by Gasteiger charge is -2.02. The fraction of sp³-hybridized carbons (Fsp3) is 0.750. The van der Waals surface area contributed by atoms with Gasteiger partial charge in [-0.25, -0.2) is 8.42 Å². The highest BCUT2D eigenvalue weighted by Crippen LogP contribution is 2.20. The molecule has 1 rings (SSSR count). The standard InChI is InChI=1S/C8H16N4O2S2/c1-3-4-5-16(13,14)12-8-11-10-7(15-8)6(2)9/h6H,3-5,9H2,1-2H3,(H,11,12). The molecule has 1 heterocycles. The van der Waals surface area contributed by atoms with Crippen LogP contribution in [0, 0.1) is 0 Å². The Morgan fingerprint density at radius 2 is 2.19 bits per heavy atom. The summed E-state index contributed by atoms with van der Waals surface area (Å²) in [5.74, 6) is 0.108. The minimum absolute atomic E-state index is 0.108. The van der Waals surface area contributed by atoms with Crippen LogP contribution in [0.15, 0.2) is 0 Å². The summed E-state index contributed by atoms with van der Waals surface area (Å²) in [6.45, 7) is 3.71. The number of unbranched alkanes of at least 4 members (excludes halogenated alkanes) is 1. The zero-order valence-corrected chi connectivity index (χ0v) is 10.9. The van der Waals surface area contributed by atoms with E-state index >= 15 is 0 Å². The van der Waals surface area contributed by atoms with Gasteiger partial charge in [-0.05, 0) is 13.3 Å². The fourth-order valence-electron chi connectivity index (χ4n) is 0.978. The molecule has 0 aliphatic carbocycles. The van der Waals surface area contributed by atoms with Crippen molar-refractivity contribution in [3.63, 3.8) is 0 Å². The molecule has 0 aliphatic rings. The molecule has 8 heteroatoms. The number of sulfonamides is 1. The zero-order valence-electron chi connectivity index (χ0n) is 9.30. The lowest BCUT2D eigenvalue weighted by Crippen LogP contribution is -2.16. The van der Waals surface area contributed by atoms with Gasteiger partial charge in [0.05, 0.1) is 11.8 Å². The minimum Gasteiger partial charge on any atom is -0.322 e. The third-order valence-corrected chi connectivity index (χ3v) is 4.34. The summed E-state index contributed by atoms with van der Waals surface area (Å²) >= 11 is 1.16. The average Bonchev–Trinajstić information content (AvgIpc) is 2.62. The normalized spacial score (nSPS) is 13.7. The Balaban J connectivity index is 2.65. The van der Waals surface area contributed by atoms with Crippen molar-refractivity contribution in [2.45, 2.75) is 32.7 Å². The Labute approximate surface area is 99.3 Å². The van der Waals surface area contributed by atoms with Crippen LogP contribution in [0.1, 0.15) is 37.7 Å². The molecule has 0 bridgehead atoms. The number of rotatable bonds is 6. The Kier molecular flexibility index (Phi) is 4.63. The molecule has 92 valence electrons. The van der Waals surface area contributed by atoms with E-state index in [0.29, 0.717) is 11.4 Å². The number of nitrogens with two attached hydrogens (primary N) is 1. The predicted octanol–water partition coefficient (Wildman–Crippen LogP) is 1.10. The lowest BCUT2D eigenvalue weighted by molar-refractivity contribution is 0.597. The molecule has 0 saturated heterocycles. The second-order valence-corrected chi connectivity index (χ2v) is 6.36. The molecule has 6 nitrogen and oxygen atoms in total. The van der Waals surface area contributed by atoms with Crippen molar-refractivity contribution >= 4 is 26.5 Å². The number of aromatic nitrogens is 2. The van der Waals surface area contributed by atoms with E-state index in [2.05, 4.69) is 14.9 Å². The number of nitrogens with one attached hydrogen (secondary N) is 1. The molecule has 0 saturated carbocycles. The number of nitrogens with zero attached hydrogens (tertiary/aromatic N) is 2. The maximum absolute atomic E-state index is 11.5. The van der Waals surface area contributed by atoms with Crippen LogP contribution in [0.2, 0.25) is 0 Å². The zero-order chi connectivity index (χ0) is 12.2. The van der Waals surface area contributed by atoms with Crippen LogP contribution in [0.25, 0.3) is 0 Å². The molecule has 1 unspecified atom stereocenters. The average molecular weight is 264 g/mol. The third-order valence-electron chi connectivity index (χ3n) is 1.84. The van der Waals surface area contributed by atoms with E-state index in [0.717, 1.165) is 17.8 Å². The maximum Gasteiger partial charge on any atom is 0.234 e. The van der Waals surface area contributed by atoms with Gasteiger partial charge in [-0.2, -0.15) is 0 Å². The van der Waals surface area contributed by atoms with Crippen LogP contribution in [-0.4, -0.2) is 24.4 Å². The molecular formula is C8H16N4O2S2. The van der Waals surface area contributed by atoms with Gasteiger partial charge in [0, 0.05) is 0 Å². The van der Waals surface area contributed by atoms with E-state index in [-0.39, 0.29) is 16.9 Å². The van der Waals surface area contributed by atoms with Crippen LogP contribution >= 0.6 is 11.3 Å². The molecule has 0 aliphatic heterocycles. The molecule has 1 aromatic heterocycles. The van der Waals surface area contributed by atoms with Crippen molar-refractivity contribution in [3.05, 3.63) is 5.01 Å². The van der Waals surface area contributed by atoms with Gasteiger partial charge < -0.3 is 5.73 Å². The lowest BCUT2D eigenvalue weighted by atomic mass is 10.4. The van der Waals surface area contributed by atoms with Gasteiger partial charge in [0.25, 0.3) is 0 Å². The van der Waals surface area contributed by atoms with Gasteiger partial charge in [0.1, 0.15) is 5.01 Å². The molecule has 0 radical (unpaired) electrons. The summed E-state index contributed by atoms with van der Waals surface area (Å²) in [6.07, 6.45) is 1.47. The van der Waals surface area contributed by atoms with E-state index in [9.17, 15) is 8.42 Å². The SMILES string of the molecule is CCCCS(=O)(=O)Nc1nnc(C(C)N)s1. The van der Waals surface area contributed by atoms with Crippen molar-refractivity contribution in [3.8, 4) is 0 Å². The van der Waals surface area contributed by atoms with Gasteiger partial charge >= 0.3 is 0 Å². The highest BCUT2D eigenvalue weighted by Gasteiger charge is 2.14. The Morgan fingerprint density at radius 1 is 1.50 bits per heavy atom. The second kappa shape index (κ2) is 5.55. The summed E-state index contributed by atoms with van der Waals surface area (Å²) in [5.41, 5.74) is 5.60. The van der Waals surface area contributed by atoms with Crippen molar-refractivity contribution in [1.82, 2.24) is 10.2 Å². The summed E-state index contributed by atoms with van der Waals surface area (Å²) in [6, 6.07) is -0.230. The summed E-state index contributed by atoms with van der Waals surface area (Å²) in [7, 11) is -3.29. The molecule has 0 aromatic carbocycles. The summed E-state index contributed by atoms with van der Waals surface area (Å²) < 4.78 is 25.5. The second-order valence-electron chi connectivity index (χ2n) is 3.51. The third kappa shape index (κ3) is 4.03. The first kappa shape index (κ1) is 13.3. The first-order chi connectivity index (χ1) is 7.44. The van der Waals surface area contributed by atoms with Gasteiger partial charge in [0.2, 0.25) is 15.2 Å². The van der Waals surface area contributed by atoms with Crippen LogP contribution in [0.5, 0.6) is 0 Å². The van der Waals surface area contributed by atoms with Gasteiger partial charge in [-0.15, -0.1) is 10.2 Å². The first-order valence-electron chi connectivity index (χ1n) is 5.04. The molecule has 0 spiro atoms. The number of hydrogen-bond acceptors (Lipinski definition) is 6. The van der Waals surface area contributed by atoms with Crippen molar-refractivity contribution in [1.29, 1.82) is 0 Å². The molecule has 3 N–H and O–H groups in total. The molecule has 0 fully saturated rings. The van der Waals surface area contributed by atoms with Crippen LogP contribution in [-0.2, 0) is 10.0 Å². The molecule has 16 heavy (non-hydrogen) atoms. The van der Waals surface area contributed by atoms with Crippen molar-refractivity contribution in [2.24, 2.45) is 5.73 Å². The Morgan fingerprint density at radius 3 is 2.69 bits per heavy atom. The Bertz CT molecular complexity index is 427. The number of hydrogen-bond donors (Lipinski definition) is 2. The molecule has 1 atom stereocenters. The van der Waals surface area contributed by atoms with E-state index in [1.165, 1.54) is 0 Å². The van der Waals surface area contributed by atoms with Gasteiger partial charge in [0.15, 0.2) is 0 Å². The highest BCUT2D eigenvalue weighted by molar-refractivity contribution is 7.92. The van der Waals surface area contributed by atoms with E-state index < -0.39 is 10.0 Å². The van der Waals surface area contributed by atoms with Crippen LogP contribution in [0.4, 0.5) is 5.13 Å². The van der Waals surface area contributed by atoms with Gasteiger partial charge in [-0.1, -0.05) is 24.7 Å².